The number of ketones is 2. The Labute approximate surface area is 299 Å². The SMILES string of the molecule is CC(N)COC(C)COC(C)COC(C)COC(C)COCC(C)NC(c1ccc(C(=O)C(C)(C)O)cc1)c1ccc(C(=O)C(C)(C)O)cc1. The summed E-state index contributed by atoms with van der Waals surface area (Å²) in [6.07, 6.45) is -0.394. The molecule has 0 aromatic heterocycles. The minimum atomic E-state index is -1.48. The molecule has 2 aromatic carbocycles. The Balaban J connectivity index is 1.92. The maximum Gasteiger partial charge on any atom is 0.193 e. The van der Waals surface area contributed by atoms with Gasteiger partial charge in [0, 0.05) is 23.2 Å². The molecule has 282 valence electrons. The van der Waals surface area contributed by atoms with Crippen molar-refractivity contribution in [3.05, 3.63) is 70.8 Å². The highest BCUT2D eigenvalue weighted by molar-refractivity contribution is 6.02. The molecule has 0 amide bonds. The first kappa shape index (κ1) is 43.6. The minimum absolute atomic E-state index is 0.00908. The number of carbonyl (C=O) groups is 2. The van der Waals surface area contributed by atoms with Gasteiger partial charge in [-0.15, -0.1) is 0 Å². The molecule has 0 aliphatic carbocycles. The van der Waals surface area contributed by atoms with E-state index in [0.29, 0.717) is 50.8 Å². The van der Waals surface area contributed by atoms with Gasteiger partial charge >= 0.3 is 0 Å². The molecule has 5 N–H and O–H groups in total. The largest absolute Gasteiger partial charge is 0.382 e. The summed E-state index contributed by atoms with van der Waals surface area (Å²) in [5.74, 6) is -0.731. The van der Waals surface area contributed by atoms with Crippen molar-refractivity contribution in [3.63, 3.8) is 0 Å². The van der Waals surface area contributed by atoms with Gasteiger partial charge in [0.1, 0.15) is 11.2 Å². The molecule has 0 spiro atoms. The summed E-state index contributed by atoms with van der Waals surface area (Å²) in [6.45, 7) is 20.2. The standard InChI is InChI=1S/C39H62N2O9/c1-25(40)19-47-28(4)22-49-30(6)24-50-29(5)23-48-27(3)21-46-20-26(2)41-35(31-11-15-33(16-12-31)36(42)38(7,8)44)32-13-17-34(18-14-32)37(43)39(9,10)45/h11-18,25-30,35,41,44-45H,19-24,40H2,1-10H3. The van der Waals surface area contributed by atoms with Gasteiger partial charge in [-0.2, -0.15) is 0 Å². The Hall–Kier alpha value is -2.58. The summed E-state index contributed by atoms with van der Waals surface area (Å²) in [5, 5.41) is 24.0. The predicted molar refractivity (Wildman–Crippen MR) is 195 cm³/mol. The fourth-order valence-corrected chi connectivity index (χ4v) is 4.90. The Morgan fingerprint density at radius 3 is 1.28 bits per heavy atom. The molecule has 2 aromatic rings. The first-order valence-corrected chi connectivity index (χ1v) is 17.6. The Bertz CT molecular complexity index is 1220. The normalized spacial score (nSPS) is 16.1. The molecule has 0 radical (unpaired) electrons. The molecule has 0 heterocycles. The smallest absolute Gasteiger partial charge is 0.193 e. The number of Topliss-reactive ketones (excluding diaryl/α,β-unsaturated/α-hetero) is 2. The lowest BCUT2D eigenvalue weighted by Gasteiger charge is -2.26. The molecule has 0 aliphatic rings. The van der Waals surface area contributed by atoms with Gasteiger partial charge in [0.15, 0.2) is 11.6 Å². The van der Waals surface area contributed by atoms with Gasteiger partial charge in [-0.25, -0.2) is 0 Å². The van der Waals surface area contributed by atoms with Gasteiger partial charge in [-0.3, -0.25) is 9.59 Å². The number of ether oxygens (including phenoxy) is 5. The zero-order chi connectivity index (χ0) is 37.6. The number of hydrogen-bond acceptors (Lipinski definition) is 11. The van der Waals surface area contributed by atoms with Gasteiger partial charge in [0.25, 0.3) is 0 Å². The zero-order valence-electron chi connectivity index (χ0n) is 31.7. The number of benzene rings is 2. The third kappa shape index (κ3) is 15.8. The molecule has 6 atom stereocenters. The molecule has 2 rings (SSSR count). The summed E-state index contributed by atoms with van der Waals surface area (Å²) in [7, 11) is 0. The molecule has 0 fully saturated rings. The average Bonchev–Trinajstić information content (AvgIpc) is 3.05. The van der Waals surface area contributed by atoms with Crippen LogP contribution < -0.4 is 11.1 Å². The Kier molecular flexibility index (Phi) is 17.8. The summed E-state index contributed by atoms with van der Waals surface area (Å²) >= 11 is 0. The minimum Gasteiger partial charge on any atom is -0.382 e. The second kappa shape index (κ2) is 20.5. The molecule has 0 aliphatic heterocycles. The molecule has 6 unspecified atom stereocenters. The number of carbonyl (C=O) groups excluding carboxylic acids is 2. The van der Waals surface area contributed by atoms with Gasteiger partial charge < -0.3 is 44.9 Å². The van der Waals surface area contributed by atoms with Crippen molar-refractivity contribution in [1.29, 1.82) is 0 Å². The van der Waals surface area contributed by atoms with Gasteiger partial charge in [0.05, 0.1) is 70.1 Å². The number of aliphatic hydroxyl groups is 2. The van der Waals surface area contributed by atoms with Gasteiger partial charge in [0.2, 0.25) is 0 Å². The Morgan fingerprint density at radius 2 is 0.940 bits per heavy atom. The molecule has 0 saturated carbocycles. The highest BCUT2D eigenvalue weighted by Gasteiger charge is 2.27. The number of nitrogens with two attached hydrogens (primary N) is 1. The van der Waals surface area contributed by atoms with Crippen LogP contribution in [0.4, 0.5) is 0 Å². The summed E-state index contributed by atoms with van der Waals surface area (Å²) in [6, 6.07) is 13.8. The predicted octanol–water partition coefficient (Wildman–Crippen LogP) is 4.65. The average molecular weight is 703 g/mol. The van der Waals surface area contributed by atoms with Crippen LogP contribution >= 0.6 is 0 Å². The Morgan fingerprint density at radius 1 is 0.600 bits per heavy atom. The monoisotopic (exact) mass is 702 g/mol. The van der Waals surface area contributed by atoms with E-state index in [9.17, 15) is 19.8 Å². The summed E-state index contributed by atoms with van der Waals surface area (Å²) in [5.41, 5.74) is 5.37. The van der Waals surface area contributed by atoms with E-state index >= 15 is 0 Å². The van der Waals surface area contributed by atoms with Crippen LogP contribution in [0.2, 0.25) is 0 Å². The van der Waals surface area contributed by atoms with E-state index in [1.165, 1.54) is 27.7 Å². The first-order chi connectivity index (χ1) is 23.3. The second-order valence-corrected chi connectivity index (χ2v) is 14.6. The van der Waals surface area contributed by atoms with E-state index < -0.39 is 11.2 Å². The topological polar surface area (TPSA) is 159 Å². The molecule has 11 nitrogen and oxygen atoms in total. The van der Waals surface area contributed by atoms with E-state index in [-0.39, 0.29) is 54.1 Å². The van der Waals surface area contributed by atoms with Crippen LogP contribution in [0.5, 0.6) is 0 Å². The summed E-state index contributed by atoms with van der Waals surface area (Å²) < 4.78 is 29.3. The van der Waals surface area contributed by atoms with Crippen LogP contribution in [0.15, 0.2) is 48.5 Å². The fraction of sp³-hybridized carbons (Fsp3) is 0.641. The highest BCUT2D eigenvalue weighted by atomic mass is 16.6. The van der Waals surface area contributed by atoms with Crippen LogP contribution in [-0.4, -0.2) is 109 Å². The fourth-order valence-electron chi connectivity index (χ4n) is 4.90. The molecule has 0 bridgehead atoms. The molecule has 11 heteroatoms. The van der Waals surface area contributed by atoms with Crippen molar-refractivity contribution in [1.82, 2.24) is 5.32 Å². The lowest BCUT2D eigenvalue weighted by Crippen LogP contribution is -2.36. The van der Waals surface area contributed by atoms with Crippen LogP contribution in [0.25, 0.3) is 0 Å². The molecule has 0 saturated heterocycles. The van der Waals surface area contributed by atoms with E-state index in [0.717, 1.165) is 11.1 Å². The van der Waals surface area contributed by atoms with Crippen molar-refractivity contribution in [2.75, 3.05) is 39.6 Å². The summed E-state index contributed by atoms with van der Waals surface area (Å²) in [4.78, 5) is 25.2. The lowest BCUT2D eigenvalue weighted by atomic mass is 9.91. The second-order valence-electron chi connectivity index (χ2n) is 14.6. The van der Waals surface area contributed by atoms with E-state index in [4.69, 9.17) is 29.4 Å². The van der Waals surface area contributed by atoms with Crippen LogP contribution in [0, 0.1) is 0 Å². The third-order valence-electron chi connectivity index (χ3n) is 7.79. The number of rotatable bonds is 24. The van der Waals surface area contributed by atoms with Crippen LogP contribution in [-0.2, 0) is 23.7 Å². The maximum absolute atomic E-state index is 12.6. The lowest BCUT2D eigenvalue weighted by molar-refractivity contribution is -0.0928. The first-order valence-electron chi connectivity index (χ1n) is 17.6. The number of nitrogens with one attached hydrogen (secondary N) is 1. The third-order valence-corrected chi connectivity index (χ3v) is 7.79. The van der Waals surface area contributed by atoms with Crippen LogP contribution in [0.3, 0.4) is 0 Å². The molecule has 50 heavy (non-hydrogen) atoms. The van der Waals surface area contributed by atoms with Crippen molar-refractivity contribution in [2.24, 2.45) is 5.73 Å². The van der Waals surface area contributed by atoms with Crippen molar-refractivity contribution >= 4 is 11.6 Å². The highest BCUT2D eigenvalue weighted by Crippen LogP contribution is 2.26. The molecular formula is C39H62N2O9. The van der Waals surface area contributed by atoms with Crippen LogP contribution in [0.1, 0.15) is 107 Å². The van der Waals surface area contributed by atoms with Crippen molar-refractivity contribution in [2.45, 2.75) is 123 Å². The maximum atomic E-state index is 12.6. The zero-order valence-corrected chi connectivity index (χ0v) is 31.7. The van der Waals surface area contributed by atoms with Crippen molar-refractivity contribution < 1.29 is 43.5 Å². The van der Waals surface area contributed by atoms with Gasteiger partial charge in [-0.1, -0.05) is 48.5 Å². The van der Waals surface area contributed by atoms with E-state index in [2.05, 4.69) is 5.32 Å². The quantitative estimate of drug-likeness (QED) is 0.113. The molecular weight excluding hydrogens is 640 g/mol. The van der Waals surface area contributed by atoms with E-state index in [1.54, 1.807) is 24.3 Å². The van der Waals surface area contributed by atoms with Crippen molar-refractivity contribution in [3.8, 4) is 0 Å². The van der Waals surface area contributed by atoms with E-state index in [1.807, 2.05) is 65.8 Å². The van der Waals surface area contributed by atoms with Gasteiger partial charge in [-0.05, 0) is 80.4 Å². The number of hydrogen-bond donors (Lipinski definition) is 4.